The van der Waals surface area contributed by atoms with E-state index in [1.54, 1.807) is 0 Å². The van der Waals surface area contributed by atoms with Crippen LogP contribution in [0.4, 0.5) is 11.4 Å². The Hall–Kier alpha value is -2.64. The molecule has 0 aliphatic heterocycles. The number of aliphatic carboxylic acids is 1. The number of carbonyl (C=O) groups excluding carboxylic acids is 1. The van der Waals surface area contributed by atoms with E-state index < -0.39 is 22.3 Å². The van der Waals surface area contributed by atoms with Crippen molar-refractivity contribution in [3.05, 3.63) is 33.9 Å². The number of amides is 1. The lowest BCUT2D eigenvalue weighted by atomic mass is 10.0. The summed E-state index contributed by atoms with van der Waals surface area (Å²) in [6.45, 7) is 2.84. The molecule has 0 bridgehead atoms. The molecular formula is C12H15N3O5. The molecule has 0 fully saturated rings. The number of anilines is 1. The predicted octanol–water partition coefficient (Wildman–Crippen LogP) is 0.993. The summed E-state index contributed by atoms with van der Waals surface area (Å²) in [4.78, 5) is 33.9. The van der Waals surface area contributed by atoms with E-state index in [0.29, 0.717) is 0 Å². The van der Waals surface area contributed by atoms with Gasteiger partial charge in [0.2, 0.25) is 5.91 Å². The highest BCUT2D eigenvalue weighted by Crippen LogP contribution is 2.32. The van der Waals surface area contributed by atoms with Crippen LogP contribution in [0.1, 0.15) is 24.2 Å². The Bertz CT molecular complexity index is 582. The maximum absolute atomic E-state index is 11.2. The number of nitro benzene ring substituents is 1. The number of hydrogen-bond acceptors (Lipinski definition) is 5. The van der Waals surface area contributed by atoms with Crippen LogP contribution in [0.2, 0.25) is 0 Å². The molecule has 108 valence electrons. The third-order valence-corrected chi connectivity index (χ3v) is 3.18. The molecule has 0 heterocycles. The van der Waals surface area contributed by atoms with Gasteiger partial charge in [-0.25, -0.2) is 4.79 Å². The number of carbonyl (C=O) groups is 2. The van der Waals surface area contributed by atoms with Gasteiger partial charge in [0, 0.05) is 18.7 Å². The first-order valence-electron chi connectivity index (χ1n) is 5.64. The average molecular weight is 281 g/mol. The fourth-order valence-corrected chi connectivity index (χ4v) is 1.55. The summed E-state index contributed by atoms with van der Waals surface area (Å²) < 4.78 is 0. The van der Waals surface area contributed by atoms with E-state index in [-0.39, 0.29) is 16.9 Å². The molecule has 20 heavy (non-hydrogen) atoms. The minimum absolute atomic E-state index is 0.0121. The molecule has 0 aliphatic carbocycles. The Kier molecular flexibility index (Phi) is 3.97. The fraction of sp³-hybridized carbons (Fsp3) is 0.333. The summed E-state index contributed by atoms with van der Waals surface area (Å²) in [5, 5.41) is 20.2. The first-order chi connectivity index (χ1) is 9.09. The molecule has 1 aromatic rings. The zero-order valence-corrected chi connectivity index (χ0v) is 11.3. The summed E-state index contributed by atoms with van der Waals surface area (Å²) in [5.41, 5.74) is 3.43. The maximum Gasteiger partial charge on any atom is 0.328 e. The SMILES string of the molecule is CN(c1ccc(C(N)=O)cc1[N+](=O)[O-])C(C)(C)C(=O)O. The molecule has 0 unspecified atom stereocenters. The monoisotopic (exact) mass is 281 g/mol. The molecule has 8 nitrogen and oxygen atoms in total. The van der Waals surface area contributed by atoms with Gasteiger partial charge in [-0.3, -0.25) is 14.9 Å². The highest BCUT2D eigenvalue weighted by Gasteiger charge is 2.35. The van der Waals surface area contributed by atoms with Crippen molar-refractivity contribution in [3.63, 3.8) is 0 Å². The second-order valence-electron chi connectivity index (χ2n) is 4.75. The number of likely N-dealkylation sites (N-methyl/N-ethyl adjacent to an activating group) is 1. The lowest BCUT2D eigenvalue weighted by Crippen LogP contribution is -2.48. The molecule has 8 heteroatoms. The summed E-state index contributed by atoms with van der Waals surface area (Å²) in [6.07, 6.45) is 0. The van der Waals surface area contributed by atoms with Crippen LogP contribution in [-0.2, 0) is 4.79 Å². The Labute approximate surface area is 114 Å². The Morgan fingerprint density at radius 2 is 1.95 bits per heavy atom. The van der Waals surface area contributed by atoms with Gasteiger partial charge in [0.25, 0.3) is 5.69 Å². The van der Waals surface area contributed by atoms with Crippen LogP contribution in [0, 0.1) is 10.1 Å². The van der Waals surface area contributed by atoms with Gasteiger partial charge in [-0.2, -0.15) is 0 Å². The predicted molar refractivity (Wildman–Crippen MR) is 71.7 cm³/mol. The first-order valence-corrected chi connectivity index (χ1v) is 5.64. The molecule has 1 rings (SSSR count). The van der Waals surface area contributed by atoms with E-state index in [1.807, 2.05) is 0 Å². The van der Waals surface area contributed by atoms with Crippen molar-refractivity contribution >= 4 is 23.3 Å². The lowest BCUT2D eigenvalue weighted by molar-refractivity contribution is -0.384. The molecule has 3 N–H and O–H groups in total. The van der Waals surface area contributed by atoms with Crippen LogP contribution in [0.25, 0.3) is 0 Å². The summed E-state index contributed by atoms with van der Waals surface area (Å²) in [5.74, 6) is -1.92. The third kappa shape index (κ3) is 2.68. The topological polar surface area (TPSA) is 127 Å². The van der Waals surface area contributed by atoms with Crippen LogP contribution in [-0.4, -0.2) is 34.5 Å². The molecule has 0 radical (unpaired) electrons. The van der Waals surface area contributed by atoms with Crippen LogP contribution in [0.3, 0.4) is 0 Å². The number of nitro groups is 1. The van der Waals surface area contributed by atoms with Gasteiger partial charge in [-0.1, -0.05) is 0 Å². The standard InChI is InChI=1S/C12H15N3O5/c1-12(2,11(17)18)14(3)8-5-4-7(10(13)16)6-9(8)15(19)20/h4-6H,1-3H3,(H2,13,16)(H,17,18). The van der Waals surface area contributed by atoms with Gasteiger partial charge in [0.15, 0.2) is 0 Å². The van der Waals surface area contributed by atoms with Crippen molar-refractivity contribution in [2.75, 3.05) is 11.9 Å². The number of rotatable bonds is 5. The number of nitrogens with two attached hydrogens (primary N) is 1. The molecule has 0 atom stereocenters. The average Bonchev–Trinajstić information content (AvgIpc) is 2.36. The minimum atomic E-state index is -1.35. The molecule has 0 saturated heterocycles. The van der Waals surface area contributed by atoms with E-state index in [2.05, 4.69) is 0 Å². The van der Waals surface area contributed by atoms with E-state index in [9.17, 15) is 19.7 Å². The second-order valence-corrected chi connectivity index (χ2v) is 4.75. The summed E-state index contributed by atoms with van der Waals surface area (Å²) in [7, 11) is 1.43. The fourth-order valence-electron chi connectivity index (χ4n) is 1.55. The zero-order chi connectivity index (χ0) is 15.7. The molecule has 0 aromatic heterocycles. The van der Waals surface area contributed by atoms with Gasteiger partial charge >= 0.3 is 5.97 Å². The molecule has 0 spiro atoms. The van der Waals surface area contributed by atoms with Gasteiger partial charge in [-0.15, -0.1) is 0 Å². The lowest BCUT2D eigenvalue weighted by Gasteiger charge is -2.33. The molecule has 1 aromatic carbocycles. The Morgan fingerprint density at radius 3 is 2.35 bits per heavy atom. The van der Waals surface area contributed by atoms with Crippen molar-refractivity contribution < 1.29 is 19.6 Å². The number of carboxylic acid groups (broad SMARTS) is 1. The van der Waals surface area contributed by atoms with Gasteiger partial charge in [0.1, 0.15) is 11.2 Å². The Balaban J connectivity index is 3.42. The van der Waals surface area contributed by atoms with E-state index >= 15 is 0 Å². The summed E-state index contributed by atoms with van der Waals surface area (Å²) >= 11 is 0. The normalized spacial score (nSPS) is 10.9. The van der Waals surface area contributed by atoms with Crippen LogP contribution in [0.15, 0.2) is 18.2 Å². The maximum atomic E-state index is 11.2. The van der Waals surface area contributed by atoms with Crippen molar-refractivity contribution in [1.29, 1.82) is 0 Å². The van der Waals surface area contributed by atoms with Gasteiger partial charge in [-0.05, 0) is 26.0 Å². The second kappa shape index (κ2) is 5.16. The highest BCUT2D eigenvalue weighted by molar-refractivity contribution is 5.95. The quantitative estimate of drug-likeness (QED) is 0.612. The van der Waals surface area contributed by atoms with Crippen LogP contribution < -0.4 is 10.6 Å². The van der Waals surface area contributed by atoms with Crippen molar-refractivity contribution in [3.8, 4) is 0 Å². The first kappa shape index (κ1) is 15.4. The number of primary amides is 1. The van der Waals surface area contributed by atoms with E-state index in [1.165, 1.54) is 37.9 Å². The highest BCUT2D eigenvalue weighted by atomic mass is 16.6. The number of carboxylic acids is 1. The van der Waals surface area contributed by atoms with Crippen molar-refractivity contribution in [1.82, 2.24) is 0 Å². The summed E-state index contributed by atoms with van der Waals surface area (Å²) in [6, 6.07) is 3.66. The van der Waals surface area contributed by atoms with Crippen LogP contribution >= 0.6 is 0 Å². The number of nitrogens with zero attached hydrogens (tertiary/aromatic N) is 2. The van der Waals surface area contributed by atoms with Crippen LogP contribution in [0.5, 0.6) is 0 Å². The van der Waals surface area contributed by atoms with Gasteiger partial charge in [0.05, 0.1) is 4.92 Å². The Morgan fingerprint density at radius 1 is 1.40 bits per heavy atom. The van der Waals surface area contributed by atoms with E-state index in [0.717, 1.165) is 6.07 Å². The smallest absolute Gasteiger partial charge is 0.328 e. The minimum Gasteiger partial charge on any atom is -0.480 e. The third-order valence-electron chi connectivity index (χ3n) is 3.18. The van der Waals surface area contributed by atoms with E-state index in [4.69, 9.17) is 10.8 Å². The van der Waals surface area contributed by atoms with Crippen molar-refractivity contribution in [2.45, 2.75) is 19.4 Å². The molecule has 0 saturated carbocycles. The van der Waals surface area contributed by atoms with Gasteiger partial charge < -0.3 is 15.7 Å². The largest absolute Gasteiger partial charge is 0.480 e. The van der Waals surface area contributed by atoms with Crippen molar-refractivity contribution in [2.24, 2.45) is 5.73 Å². The zero-order valence-electron chi connectivity index (χ0n) is 11.3. The number of hydrogen-bond donors (Lipinski definition) is 2. The molecule has 0 aliphatic rings. The molecular weight excluding hydrogens is 266 g/mol. The molecule has 1 amide bonds. The number of benzene rings is 1.